The molecule has 0 aliphatic carbocycles. The predicted molar refractivity (Wildman–Crippen MR) is 101 cm³/mol. The maximum absolute atomic E-state index is 11.6. The Labute approximate surface area is 158 Å². The number of carbonyl (C=O) groups excluding carboxylic acids is 1. The van der Waals surface area contributed by atoms with Crippen LogP contribution in [0.25, 0.3) is 11.0 Å². The van der Waals surface area contributed by atoms with Crippen molar-refractivity contribution in [3.05, 3.63) is 54.6 Å². The number of aromatic nitrogens is 6. The molecule has 0 aliphatic rings. The van der Waals surface area contributed by atoms with Gasteiger partial charge in [-0.1, -0.05) is 0 Å². The van der Waals surface area contributed by atoms with Crippen LogP contribution in [0.2, 0.25) is 0 Å². The Morgan fingerprint density at radius 2 is 2.07 bits per heavy atom. The third-order valence-corrected chi connectivity index (χ3v) is 4.61. The number of primary amides is 1. The smallest absolute Gasteiger partial charge is 0.251 e. The highest BCUT2D eigenvalue weighted by Gasteiger charge is 2.13. The van der Waals surface area contributed by atoms with Gasteiger partial charge in [0.15, 0.2) is 11.6 Å². The van der Waals surface area contributed by atoms with Crippen molar-refractivity contribution in [2.45, 2.75) is 10.1 Å². The number of nitrogens with two attached hydrogens (primary N) is 1. The van der Waals surface area contributed by atoms with Gasteiger partial charge in [0.25, 0.3) is 5.91 Å². The number of aryl methyl sites for hydroxylation is 1. The maximum Gasteiger partial charge on any atom is 0.251 e. The zero-order valence-electron chi connectivity index (χ0n) is 14.2. The SMILES string of the molecule is Cn1ccc(Nc2ncnc3ccc(Sc4ncccc4C(N)=O)nc23)n1. The van der Waals surface area contributed by atoms with Gasteiger partial charge in [0.1, 0.15) is 21.9 Å². The molecule has 9 nitrogen and oxygen atoms in total. The molecule has 4 rings (SSSR count). The standard InChI is InChI=1S/C17H14N8OS/c1-25-8-6-12(24-25)22-16-14-11(20-9-21-16)4-5-13(23-14)27-17-10(15(18)26)3-2-7-19-17/h2-9H,1H3,(H2,18,26)(H,20,21,22,24). The first-order valence-corrected chi connectivity index (χ1v) is 8.73. The molecular weight excluding hydrogens is 364 g/mol. The van der Waals surface area contributed by atoms with E-state index in [2.05, 4.69) is 30.4 Å². The second-order valence-electron chi connectivity index (χ2n) is 5.56. The fraction of sp³-hybridized carbons (Fsp3) is 0.0588. The summed E-state index contributed by atoms with van der Waals surface area (Å²) in [6.07, 6.45) is 4.89. The van der Waals surface area contributed by atoms with Gasteiger partial charge < -0.3 is 11.1 Å². The van der Waals surface area contributed by atoms with Crippen molar-refractivity contribution in [2.75, 3.05) is 5.32 Å². The highest BCUT2D eigenvalue weighted by molar-refractivity contribution is 7.99. The highest BCUT2D eigenvalue weighted by atomic mass is 32.2. The lowest BCUT2D eigenvalue weighted by molar-refractivity contribution is 0.0997. The summed E-state index contributed by atoms with van der Waals surface area (Å²) >= 11 is 1.25. The molecule has 27 heavy (non-hydrogen) atoms. The fourth-order valence-electron chi connectivity index (χ4n) is 2.43. The number of nitrogens with one attached hydrogen (secondary N) is 1. The molecule has 1 amide bonds. The minimum absolute atomic E-state index is 0.348. The molecule has 134 valence electrons. The molecule has 0 unspecified atom stereocenters. The maximum atomic E-state index is 11.6. The Hall–Kier alpha value is -3.53. The van der Waals surface area contributed by atoms with E-state index in [1.54, 1.807) is 23.0 Å². The lowest BCUT2D eigenvalue weighted by atomic mass is 10.3. The van der Waals surface area contributed by atoms with Crippen molar-refractivity contribution < 1.29 is 4.79 Å². The topological polar surface area (TPSA) is 124 Å². The second-order valence-corrected chi connectivity index (χ2v) is 6.57. The van der Waals surface area contributed by atoms with Crippen LogP contribution >= 0.6 is 11.8 Å². The van der Waals surface area contributed by atoms with Crippen molar-refractivity contribution in [3.63, 3.8) is 0 Å². The number of carbonyl (C=O) groups is 1. The average Bonchev–Trinajstić information content (AvgIpc) is 3.07. The molecule has 0 aliphatic heterocycles. The van der Waals surface area contributed by atoms with Crippen LogP contribution in [0.3, 0.4) is 0 Å². The average molecular weight is 378 g/mol. The van der Waals surface area contributed by atoms with Gasteiger partial charge in [-0.2, -0.15) is 5.10 Å². The van der Waals surface area contributed by atoms with E-state index in [0.29, 0.717) is 38.3 Å². The summed E-state index contributed by atoms with van der Waals surface area (Å²) in [5, 5.41) is 8.56. The van der Waals surface area contributed by atoms with Crippen LogP contribution in [0.4, 0.5) is 11.6 Å². The molecule has 3 N–H and O–H groups in total. The summed E-state index contributed by atoms with van der Waals surface area (Å²) in [5.74, 6) is 0.655. The number of hydrogen-bond acceptors (Lipinski definition) is 8. The number of rotatable bonds is 5. The Morgan fingerprint density at radius 1 is 1.19 bits per heavy atom. The molecule has 4 aromatic heterocycles. The van der Waals surface area contributed by atoms with Crippen molar-refractivity contribution in [1.29, 1.82) is 0 Å². The normalized spacial score (nSPS) is 10.9. The molecule has 4 aromatic rings. The highest BCUT2D eigenvalue weighted by Crippen LogP contribution is 2.29. The van der Waals surface area contributed by atoms with E-state index in [1.165, 1.54) is 18.1 Å². The van der Waals surface area contributed by atoms with Gasteiger partial charge in [-0.15, -0.1) is 0 Å². The van der Waals surface area contributed by atoms with E-state index in [9.17, 15) is 4.79 Å². The number of hydrogen-bond donors (Lipinski definition) is 2. The van der Waals surface area contributed by atoms with Crippen LogP contribution in [0, 0.1) is 0 Å². The van der Waals surface area contributed by atoms with Gasteiger partial charge in [0, 0.05) is 25.5 Å². The number of amides is 1. The molecule has 0 spiro atoms. The Morgan fingerprint density at radius 3 is 2.85 bits per heavy atom. The summed E-state index contributed by atoms with van der Waals surface area (Å²) in [6.45, 7) is 0. The zero-order valence-corrected chi connectivity index (χ0v) is 15.0. The molecule has 4 heterocycles. The summed E-state index contributed by atoms with van der Waals surface area (Å²) in [6, 6.07) is 8.78. The number of fused-ring (bicyclic) bond motifs is 1. The van der Waals surface area contributed by atoms with Gasteiger partial charge in [-0.05, 0) is 36.0 Å². The minimum atomic E-state index is -0.535. The van der Waals surface area contributed by atoms with Gasteiger partial charge >= 0.3 is 0 Å². The lowest BCUT2D eigenvalue weighted by Gasteiger charge is -2.08. The molecule has 0 atom stereocenters. The zero-order chi connectivity index (χ0) is 18.8. The van der Waals surface area contributed by atoms with Crippen LogP contribution in [-0.2, 0) is 7.05 Å². The third kappa shape index (κ3) is 3.55. The number of nitrogens with zero attached hydrogens (tertiary/aromatic N) is 6. The summed E-state index contributed by atoms with van der Waals surface area (Å²) < 4.78 is 1.69. The predicted octanol–water partition coefficient (Wildman–Crippen LogP) is 2.15. The van der Waals surface area contributed by atoms with Crippen LogP contribution < -0.4 is 11.1 Å². The fourth-order valence-corrected chi connectivity index (χ4v) is 3.30. The van der Waals surface area contributed by atoms with Crippen LogP contribution in [0.1, 0.15) is 10.4 Å². The van der Waals surface area contributed by atoms with E-state index >= 15 is 0 Å². The molecular formula is C17H14N8OS. The van der Waals surface area contributed by atoms with Crippen LogP contribution in [-0.4, -0.2) is 35.6 Å². The van der Waals surface area contributed by atoms with E-state index in [0.717, 1.165) is 0 Å². The number of anilines is 2. The van der Waals surface area contributed by atoms with Crippen molar-refractivity contribution in [1.82, 2.24) is 29.7 Å². The van der Waals surface area contributed by atoms with Crippen LogP contribution in [0.5, 0.6) is 0 Å². The van der Waals surface area contributed by atoms with Crippen LogP contribution in [0.15, 0.2) is 59.1 Å². The van der Waals surface area contributed by atoms with Crippen molar-refractivity contribution >= 4 is 40.3 Å². The Bertz CT molecular complexity index is 1140. The molecule has 10 heteroatoms. The first kappa shape index (κ1) is 16.9. The first-order valence-electron chi connectivity index (χ1n) is 7.91. The van der Waals surface area contributed by atoms with Crippen molar-refractivity contribution in [3.8, 4) is 0 Å². The van der Waals surface area contributed by atoms with Crippen molar-refractivity contribution in [2.24, 2.45) is 12.8 Å². The molecule has 0 radical (unpaired) electrons. The second kappa shape index (κ2) is 7.00. The van der Waals surface area contributed by atoms with E-state index < -0.39 is 5.91 Å². The minimum Gasteiger partial charge on any atom is -0.366 e. The quantitative estimate of drug-likeness (QED) is 0.541. The van der Waals surface area contributed by atoms with E-state index in [1.807, 2.05) is 31.4 Å². The van der Waals surface area contributed by atoms with Gasteiger partial charge in [0.2, 0.25) is 0 Å². The Kier molecular flexibility index (Phi) is 4.38. The molecule has 0 aromatic carbocycles. The largest absolute Gasteiger partial charge is 0.366 e. The summed E-state index contributed by atoms with van der Waals surface area (Å²) in [5.41, 5.74) is 7.04. The van der Waals surface area contributed by atoms with E-state index in [4.69, 9.17) is 5.73 Å². The first-order chi connectivity index (χ1) is 13.1. The Balaban J connectivity index is 1.71. The third-order valence-electron chi connectivity index (χ3n) is 3.65. The van der Waals surface area contributed by atoms with Gasteiger partial charge in [-0.25, -0.2) is 19.9 Å². The summed E-state index contributed by atoms with van der Waals surface area (Å²) in [7, 11) is 1.83. The lowest BCUT2D eigenvalue weighted by Crippen LogP contribution is -2.12. The number of pyridine rings is 2. The molecule has 0 saturated heterocycles. The van der Waals surface area contributed by atoms with Gasteiger partial charge in [0.05, 0.1) is 11.1 Å². The van der Waals surface area contributed by atoms with Gasteiger partial charge in [-0.3, -0.25) is 9.48 Å². The summed E-state index contributed by atoms with van der Waals surface area (Å²) in [4.78, 5) is 29.0. The molecule has 0 bridgehead atoms. The monoisotopic (exact) mass is 378 g/mol. The molecule has 0 saturated carbocycles. The van der Waals surface area contributed by atoms with E-state index in [-0.39, 0.29) is 0 Å². The molecule has 0 fully saturated rings.